The number of hydrogen-bond acceptors (Lipinski definition) is 2. The van der Waals surface area contributed by atoms with Gasteiger partial charge in [-0.25, -0.2) is 4.68 Å². The Morgan fingerprint density at radius 1 is 1.16 bits per heavy atom. The van der Waals surface area contributed by atoms with Gasteiger partial charge in [0.2, 0.25) is 0 Å². The predicted molar refractivity (Wildman–Crippen MR) is 75.2 cm³/mol. The molecule has 1 heterocycles. The summed E-state index contributed by atoms with van der Waals surface area (Å²) >= 11 is 0. The Morgan fingerprint density at radius 3 is 2.63 bits per heavy atom. The average molecular weight is 247 g/mol. The molecule has 0 spiro atoms. The van der Waals surface area contributed by atoms with E-state index in [4.69, 9.17) is 5.26 Å². The standard InChI is InChI=1S/C16H13N3/c1-2-12-5-8-16-14(9-12)11-18-19(16)15-6-3-13(10-17)4-7-15/h3-9,11H,2H2,1H3. The van der Waals surface area contributed by atoms with Gasteiger partial charge >= 0.3 is 0 Å². The normalized spacial score (nSPS) is 10.5. The Bertz CT molecular complexity index is 761. The molecule has 0 unspecified atom stereocenters. The first-order chi connectivity index (χ1) is 9.31. The maximum absolute atomic E-state index is 8.82. The lowest BCUT2D eigenvalue weighted by Crippen LogP contribution is -1.95. The summed E-state index contributed by atoms with van der Waals surface area (Å²) in [5.41, 5.74) is 4.03. The SMILES string of the molecule is CCc1ccc2c(cnn2-c2ccc(C#N)cc2)c1. The molecule has 3 rings (SSSR count). The summed E-state index contributed by atoms with van der Waals surface area (Å²) in [5, 5.41) is 14.4. The van der Waals surface area contributed by atoms with Crippen LogP contribution in [0.5, 0.6) is 0 Å². The third-order valence-corrected chi connectivity index (χ3v) is 3.28. The van der Waals surface area contributed by atoms with E-state index >= 15 is 0 Å². The lowest BCUT2D eigenvalue weighted by Gasteiger charge is -2.04. The molecule has 0 saturated carbocycles. The second-order valence-corrected chi connectivity index (χ2v) is 4.46. The van der Waals surface area contributed by atoms with Crippen LogP contribution in [0.1, 0.15) is 18.1 Å². The van der Waals surface area contributed by atoms with Crippen molar-refractivity contribution in [1.82, 2.24) is 9.78 Å². The van der Waals surface area contributed by atoms with E-state index in [9.17, 15) is 0 Å². The molecule has 0 aliphatic heterocycles. The predicted octanol–water partition coefficient (Wildman–Crippen LogP) is 3.46. The van der Waals surface area contributed by atoms with E-state index in [1.165, 1.54) is 5.56 Å². The third kappa shape index (κ3) is 1.98. The molecule has 0 amide bonds. The van der Waals surface area contributed by atoms with Crippen LogP contribution in [0, 0.1) is 11.3 Å². The molecule has 0 N–H and O–H groups in total. The highest BCUT2D eigenvalue weighted by Crippen LogP contribution is 2.20. The molecular weight excluding hydrogens is 234 g/mol. The zero-order valence-corrected chi connectivity index (χ0v) is 10.7. The quantitative estimate of drug-likeness (QED) is 0.696. The fourth-order valence-corrected chi connectivity index (χ4v) is 2.19. The second-order valence-electron chi connectivity index (χ2n) is 4.46. The molecule has 0 aliphatic rings. The van der Waals surface area contributed by atoms with E-state index in [0.29, 0.717) is 5.56 Å². The maximum Gasteiger partial charge on any atom is 0.0991 e. The Labute approximate surface area is 111 Å². The lowest BCUT2D eigenvalue weighted by molar-refractivity contribution is 0.910. The van der Waals surface area contributed by atoms with Crippen LogP contribution in [-0.2, 0) is 6.42 Å². The molecule has 0 bridgehead atoms. The molecule has 0 saturated heterocycles. The second kappa shape index (κ2) is 4.58. The summed E-state index contributed by atoms with van der Waals surface area (Å²) in [6, 6.07) is 16.0. The third-order valence-electron chi connectivity index (χ3n) is 3.28. The number of fused-ring (bicyclic) bond motifs is 1. The molecule has 92 valence electrons. The summed E-state index contributed by atoms with van der Waals surface area (Å²) < 4.78 is 1.90. The summed E-state index contributed by atoms with van der Waals surface area (Å²) in [5.74, 6) is 0. The summed E-state index contributed by atoms with van der Waals surface area (Å²) in [6.45, 7) is 2.15. The molecule has 3 nitrogen and oxygen atoms in total. The number of benzene rings is 2. The molecule has 0 atom stereocenters. The van der Waals surface area contributed by atoms with Crippen molar-refractivity contribution in [2.24, 2.45) is 0 Å². The van der Waals surface area contributed by atoms with Gasteiger partial charge < -0.3 is 0 Å². The van der Waals surface area contributed by atoms with Crippen LogP contribution < -0.4 is 0 Å². The van der Waals surface area contributed by atoms with Gasteiger partial charge in [0.1, 0.15) is 0 Å². The van der Waals surface area contributed by atoms with E-state index in [0.717, 1.165) is 23.0 Å². The van der Waals surface area contributed by atoms with E-state index in [2.05, 4.69) is 36.3 Å². The van der Waals surface area contributed by atoms with Gasteiger partial charge in [0.15, 0.2) is 0 Å². The molecular formula is C16H13N3. The van der Waals surface area contributed by atoms with Gasteiger partial charge in [0.25, 0.3) is 0 Å². The van der Waals surface area contributed by atoms with Crippen LogP contribution in [0.2, 0.25) is 0 Å². The van der Waals surface area contributed by atoms with Gasteiger partial charge in [0, 0.05) is 5.39 Å². The Morgan fingerprint density at radius 2 is 1.95 bits per heavy atom. The number of hydrogen-bond donors (Lipinski definition) is 0. The number of nitriles is 1. The van der Waals surface area contributed by atoms with Crippen molar-refractivity contribution in [3.63, 3.8) is 0 Å². The van der Waals surface area contributed by atoms with Gasteiger partial charge in [0.05, 0.1) is 29.0 Å². The van der Waals surface area contributed by atoms with Gasteiger partial charge in [-0.15, -0.1) is 0 Å². The van der Waals surface area contributed by atoms with Crippen molar-refractivity contribution < 1.29 is 0 Å². The Balaban J connectivity index is 2.12. The number of aryl methyl sites for hydroxylation is 1. The van der Waals surface area contributed by atoms with E-state index < -0.39 is 0 Å². The number of nitrogens with zero attached hydrogens (tertiary/aromatic N) is 3. The number of rotatable bonds is 2. The fourth-order valence-electron chi connectivity index (χ4n) is 2.19. The van der Waals surface area contributed by atoms with Crippen LogP contribution in [0.4, 0.5) is 0 Å². The molecule has 3 aromatic rings. The van der Waals surface area contributed by atoms with Gasteiger partial charge in [-0.3, -0.25) is 0 Å². The largest absolute Gasteiger partial charge is 0.233 e. The minimum atomic E-state index is 0.661. The molecule has 3 heteroatoms. The van der Waals surface area contributed by atoms with Crippen LogP contribution in [-0.4, -0.2) is 9.78 Å². The van der Waals surface area contributed by atoms with E-state index in [1.54, 1.807) is 0 Å². The van der Waals surface area contributed by atoms with Crippen molar-refractivity contribution in [1.29, 1.82) is 5.26 Å². The average Bonchev–Trinajstić information content (AvgIpc) is 2.90. The first-order valence-corrected chi connectivity index (χ1v) is 6.29. The first-order valence-electron chi connectivity index (χ1n) is 6.29. The zero-order valence-electron chi connectivity index (χ0n) is 10.7. The summed E-state index contributed by atoms with van der Waals surface area (Å²) in [7, 11) is 0. The highest BCUT2D eigenvalue weighted by Gasteiger charge is 2.05. The van der Waals surface area contributed by atoms with Gasteiger partial charge in [-0.1, -0.05) is 13.0 Å². The summed E-state index contributed by atoms with van der Waals surface area (Å²) in [6.07, 6.45) is 2.91. The minimum absolute atomic E-state index is 0.661. The highest BCUT2D eigenvalue weighted by molar-refractivity contribution is 5.81. The van der Waals surface area contributed by atoms with Crippen molar-refractivity contribution in [2.45, 2.75) is 13.3 Å². The molecule has 1 aromatic heterocycles. The molecule has 0 fully saturated rings. The van der Waals surface area contributed by atoms with Crippen LogP contribution in [0.3, 0.4) is 0 Å². The van der Waals surface area contributed by atoms with Crippen LogP contribution >= 0.6 is 0 Å². The highest BCUT2D eigenvalue weighted by atomic mass is 15.3. The first kappa shape index (κ1) is 11.5. The molecule has 2 aromatic carbocycles. The smallest absolute Gasteiger partial charge is 0.0991 e. The fraction of sp³-hybridized carbons (Fsp3) is 0.125. The van der Waals surface area contributed by atoms with Crippen LogP contribution in [0.15, 0.2) is 48.7 Å². The molecule has 0 aliphatic carbocycles. The number of aromatic nitrogens is 2. The van der Waals surface area contributed by atoms with E-state index in [-0.39, 0.29) is 0 Å². The zero-order chi connectivity index (χ0) is 13.2. The summed E-state index contributed by atoms with van der Waals surface area (Å²) in [4.78, 5) is 0. The lowest BCUT2D eigenvalue weighted by atomic mass is 10.1. The Kier molecular flexibility index (Phi) is 2.77. The van der Waals surface area contributed by atoms with Gasteiger partial charge in [-0.05, 0) is 48.4 Å². The van der Waals surface area contributed by atoms with Gasteiger partial charge in [-0.2, -0.15) is 10.4 Å². The van der Waals surface area contributed by atoms with E-state index in [1.807, 2.05) is 35.1 Å². The van der Waals surface area contributed by atoms with Crippen molar-refractivity contribution in [2.75, 3.05) is 0 Å². The van der Waals surface area contributed by atoms with Crippen molar-refractivity contribution in [3.8, 4) is 11.8 Å². The molecule has 19 heavy (non-hydrogen) atoms. The van der Waals surface area contributed by atoms with Crippen molar-refractivity contribution in [3.05, 3.63) is 59.8 Å². The van der Waals surface area contributed by atoms with Crippen molar-refractivity contribution >= 4 is 10.9 Å². The topological polar surface area (TPSA) is 41.6 Å². The Hall–Kier alpha value is -2.60. The van der Waals surface area contributed by atoms with Crippen LogP contribution in [0.25, 0.3) is 16.6 Å². The monoisotopic (exact) mass is 247 g/mol. The molecule has 0 radical (unpaired) electrons. The maximum atomic E-state index is 8.82. The minimum Gasteiger partial charge on any atom is -0.233 e.